The first-order valence-corrected chi connectivity index (χ1v) is 9.68. The van der Waals surface area contributed by atoms with Crippen LogP contribution in [0.4, 0.5) is 0 Å². The molecule has 0 N–H and O–H groups in total. The molecule has 0 spiro atoms. The molecule has 25 heavy (non-hydrogen) atoms. The smallest absolute Gasteiger partial charge is 0.255 e. The fourth-order valence-corrected chi connectivity index (χ4v) is 4.84. The van der Waals surface area contributed by atoms with Gasteiger partial charge < -0.3 is 9.64 Å². The van der Waals surface area contributed by atoms with Crippen molar-refractivity contribution in [2.24, 2.45) is 5.92 Å². The molecular weight excluding hydrogens is 334 g/mol. The van der Waals surface area contributed by atoms with Crippen molar-refractivity contribution in [1.29, 1.82) is 0 Å². The average molecular weight is 357 g/mol. The van der Waals surface area contributed by atoms with Gasteiger partial charge in [0.25, 0.3) is 5.91 Å². The van der Waals surface area contributed by atoms with Gasteiger partial charge in [-0.25, -0.2) is 0 Å². The molecule has 5 nitrogen and oxygen atoms in total. The molecule has 2 aromatic rings. The number of carbonyl (C=O) groups excluding carboxylic acids is 1. The van der Waals surface area contributed by atoms with Gasteiger partial charge in [0.05, 0.1) is 17.7 Å². The minimum Gasteiger partial charge on any atom is -0.381 e. The fourth-order valence-electron chi connectivity index (χ4n) is 4.21. The predicted molar refractivity (Wildman–Crippen MR) is 97.6 cm³/mol. The maximum Gasteiger partial charge on any atom is 0.255 e. The number of likely N-dealkylation sites (tertiary alicyclic amines) is 2. The maximum absolute atomic E-state index is 12.9. The zero-order chi connectivity index (χ0) is 17.2. The molecule has 0 saturated carbocycles. The van der Waals surface area contributed by atoms with Crippen molar-refractivity contribution in [3.63, 3.8) is 0 Å². The van der Waals surface area contributed by atoms with Gasteiger partial charge in [-0.1, -0.05) is 6.07 Å². The van der Waals surface area contributed by atoms with Gasteiger partial charge in [0, 0.05) is 57.0 Å². The summed E-state index contributed by atoms with van der Waals surface area (Å²) in [6.07, 6.45) is 4.86. The van der Waals surface area contributed by atoms with Gasteiger partial charge in [-0.05, 0) is 29.5 Å². The quantitative estimate of drug-likeness (QED) is 0.843. The number of aromatic nitrogens is 1. The Labute approximate surface area is 152 Å². The van der Waals surface area contributed by atoms with Crippen LogP contribution in [0.25, 0.3) is 0 Å². The molecule has 2 aromatic heterocycles. The molecule has 0 radical (unpaired) electrons. The Morgan fingerprint density at radius 3 is 3.04 bits per heavy atom. The van der Waals surface area contributed by atoms with Crippen molar-refractivity contribution < 1.29 is 9.53 Å². The van der Waals surface area contributed by atoms with Crippen molar-refractivity contribution in [1.82, 2.24) is 14.8 Å². The molecule has 0 bridgehead atoms. The molecule has 132 valence electrons. The van der Waals surface area contributed by atoms with Gasteiger partial charge >= 0.3 is 0 Å². The number of fused-ring (bicyclic) bond motifs is 1. The molecule has 2 aliphatic rings. The zero-order valence-electron chi connectivity index (χ0n) is 14.4. The first kappa shape index (κ1) is 16.7. The molecule has 0 aromatic carbocycles. The highest BCUT2D eigenvalue weighted by Gasteiger charge is 2.46. The van der Waals surface area contributed by atoms with Crippen LogP contribution < -0.4 is 0 Å². The SMILES string of the molecule is CO[C@@H]1CCN(C(=O)c2ccsc2)[C@H]2CN(Cc3cccnc3)C[C@@H]12. The van der Waals surface area contributed by atoms with Crippen LogP contribution in [-0.4, -0.2) is 59.6 Å². The van der Waals surface area contributed by atoms with Crippen molar-refractivity contribution in [2.45, 2.75) is 25.1 Å². The summed E-state index contributed by atoms with van der Waals surface area (Å²) < 4.78 is 5.75. The summed E-state index contributed by atoms with van der Waals surface area (Å²) in [5.41, 5.74) is 2.02. The molecule has 1 amide bonds. The van der Waals surface area contributed by atoms with E-state index in [2.05, 4.69) is 20.9 Å². The second-order valence-electron chi connectivity index (χ2n) is 6.86. The average Bonchev–Trinajstić information content (AvgIpc) is 3.31. The summed E-state index contributed by atoms with van der Waals surface area (Å²) in [4.78, 5) is 21.6. The number of amides is 1. The molecule has 2 saturated heterocycles. The van der Waals surface area contributed by atoms with Gasteiger partial charge in [-0.2, -0.15) is 11.3 Å². The molecule has 0 aliphatic carbocycles. The van der Waals surface area contributed by atoms with E-state index in [0.717, 1.165) is 38.2 Å². The van der Waals surface area contributed by atoms with Gasteiger partial charge in [0.1, 0.15) is 0 Å². The first-order chi connectivity index (χ1) is 12.3. The summed E-state index contributed by atoms with van der Waals surface area (Å²) in [5.74, 6) is 0.534. The lowest BCUT2D eigenvalue weighted by molar-refractivity contribution is -0.0156. The second kappa shape index (κ2) is 7.23. The molecule has 2 aliphatic heterocycles. The van der Waals surface area contributed by atoms with Crippen LogP contribution in [0.15, 0.2) is 41.4 Å². The molecule has 4 rings (SSSR count). The van der Waals surface area contributed by atoms with E-state index in [9.17, 15) is 4.79 Å². The van der Waals surface area contributed by atoms with E-state index >= 15 is 0 Å². The number of methoxy groups -OCH3 is 1. The largest absolute Gasteiger partial charge is 0.381 e. The maximum atomic E-state index is 12.9. The van der Waals surface area contributed by atoms with Crippen molar-refractivity contribution in [3.8, 4) is 0 Å². The minimum absolute atomic E-state index is 0.161. The highest BCUT2D eigenvalue weighted by Crippen LogP contribution is 2.34. The van der Waals surface area contributed by atoms with E-state index in [1.807, 2.05) is 29.1 Å². The number of carbonyl (C=O) groups is 1. The Morgan fingerprint density at radius 2 is 2.32 bits per heavy atom. The fraction of sp³-hybridized carbons (Fsp3) is 0.474. The van der Waals surface area contributed by atoms with Crippen LogP contribution in [0.1, 0.15) is 22.3 Å². The minimum atomic E-state index is 0.161. The number of hydrogen-bond acceptors (Lipinski definition) is 5. The Morgan fingerprint density at radius 1 is 1.40 bits per heavy atom. The second-order valence-corrected chi connectivity index (χ2v) is 7.64. The predicted octanol–water partition coefficient (Wildman–Crippen LogP) is 2.50. The standard InChI is InChI=1S/C19H23N3O2S/c1-24-18-4-7-22(19(23)15-5-8-25-13-15)17-12-21(11-16(17)18)10-14-3-2-6-20-9-14/h2-3,5-6,8-9,13,16-18H,4,7,10-12H2,1H3/t16-,17+,18-/m1/s1. The molecular formula is C19H23N3O2S. The van der Waals surface area contributed by atoms with Crippen LogP contribution in [0, 0.1) is 5.92 Å². The number of ether oxygens (including phenoxy) is 1. The van der Waals surface area contributed by atoms with Crippen LogP contribution in [0.3, 0.4) is 0 Å². The van der Waals surface area contributed by atoms with E-state index in [1.165, 1.54) is 5.56 Å². The summed E-state index contributed by atoms with van der Waals surface area (Å²) in [6, 6.07) is 6.23. The first-order valence-electron chi connectivity index (χ1n) is 8.73. The van der Waals surface area contributed by atoms with E-state index in [1.54, 1.807) is 24.6 Å². The third-order valence-electron chi connectivity index (χ3n) is 5.40. The van der Waals surface area contributed by atoms with Crippen LogP contribution >= 0.6 is 11.3 Å². The van der Waals surface area contributed by atoms with Crippen molar-refractivity contribution >= 4 is 17.2 Å². The number of nitrogens with zero attached hydrogens (tertiary/aromatic N) is 3. The number of pyridine rings is 1. The third kappa shape index (κ3) is 3.34. The number of piperidine rings is 1. The number of hydrogen-bond donors (Lipinski definition) is 0. The normalized spacial score (nSPS) is 26.6. The van der Waals surface area contributed by atoms with E-state index in [-0.39, 0.29) is 18.1 Å². The van der Waals surface area contributed by atoms with Gasteiger partial charge in [-0.3, -0.25) is 14.7 Å². The van der Waals surface area contributed by atoms with Crippen LogP contribution in [-0.2, 0) is 11.3 Å². The Bertz CT molecular complexity index is 707. The van der Waals surface area contributed by atoms with Gasteiger partial charge in [-0.15, -0.1) is 0 Å². The topological polar surface area (TPSA) is 45.7 Å². The molecule has 6 heteroatoms. The lowest BCUT2D eigenvalue weighted by atomic mass is 9.88. The zero-order valence-corrected chi connectivity index (χ0v) is 15.2. The number of thiophene rings is 1. The Kier molecular flexibility index (Phi) is 4.83. The lowest BCUT2D eigenvalue weighted by Crippen LogP contribution is -2.53. The Hall–Kier alpha value is -1.76. The molecule has 3 atom stereocenters. The summed E-state index contributed by atoms with van der Waals surface area (Å²) >= 11 is 1.57. The van der Waals surface area contributed by atoms with Crippen LogP contribution in [0.5, 0.6) is 0 Å². The Balaban J connectivity index is 1.52. The molecule has 0 unspecified atom stereocenters. The van der Waals surface area contributed by atoms with Gasteiger partial charge in [0.15, 0.2) is 0 Å². The molecule has 4 heterocycles. The summed E-state index contributed by atoms with van der Waals surface area (Å²) in [7, 11) is 1.79. The lowest BCUT2D eigenvalue weighted by Gasteiger charge is -2.41. The molecule has 2 fully saturated rings. The third-order valence-corrected chi connectivity index (χ3v) is 6.08. The van der Waals surface area contributed by atoms with Crippen LogP contribution in [0.2, 0.25) is 0 Å². The van der Waals surface area contributed by atoms with Gasteiger partial charge in [0.2, 0.25) is 0 Å². The highest BCUT2D eigenvalue weighted by molar-refractivity contribution is 7.08. The highest BCUT2D eigenvalue weighted by atomic mass is 32.1. The van der Waals surface area contributed by atoms with Crippen molar-refractivity contribution in [2.75, 3.05) is 26.7 Å². The number of rotatable bonds is 4. The van der Waals surface area contributed by atoms with E-state index < -0.39 is 0 Å². The monoisotopic (exact) mass is 357 g/mol. The van der Waals surface area contributed by atoms with Crippen molar-refractivity contribution in [3.05, 3.63) is 52.5 Å². The van der Waals surface area contributed by atoms with E-state index in [4.69, 9.17) is 4.74 Å². The summed E-state index contributed by atoms with van der Waals surface area (Å²) in [5, 5.41) is 3.91. The van der Waals surface area contributed by atoms with E-state index in [0.29, 0.717) is 5.92 Å². The summed E-state index contributed by atoms with van der Waals surface area (Å²) in [6.45, 7) is 3.51.